The Morgan fingerprint density at radius 2 is 1.90 bits per heavy atom. The summed E-state index contributed by atoms with van der Waals surface area (Å²) in [6.45, 7) is 8.07. The van der Waals surface area contributed by atoms with Crippen LogP contribution in [0.15, 0.2) is 0 Å². The van der Waals surface area contributed by atoms with Crippen molar-refractivity contribution in [2.75, 3.05) is 26.8 Å². The lowest BCUT2D eigenvalue weighted by molar-refractivity contribution is -0.0147. The first-order chi connectivity index (χ1) is 10.1. The number of nitrogens with one attached hydrogen (secondary N) is 1. The fourth-order valence-corrected chi connectivity index (χ4v) is 4.78. The number of rotatable bonds is 5. The van der Waals surface area contributed by atoms with E-state index < -0.39 is 0 Å². The molecule has 0 radical (unpaired) electrons. The van der Waals surface area contributed by atoms with E-state index in [-0.39, 0.29) is 0 Å². The van der Waals surface area contributed by atoms with Gasteiger partial charge in [0.2, 0.25) is 0 Å². The maximum absolute atomic E-state index is 5.47. The summed E-state index contributed by atoms with van der Waals surface area (Å²) < 4.78 is 5.47. The minimum atomic E-state index is 0.340. The van der Waals surface area contributed by atoms with Gasteiger partial charge in [0.05, 0.1) is 6.61 Å². The summed E-state index contributed by atoms with van der Waals surface area (Å²) in [4.78, 5) is 2.80. The van der Waals surface area contributed by atoms with Crippen molar-refractivity contribution in [2.45, 2.75) is 76.4 Å². The number of hydrogen-bond acceptors (Lipinski definition) is 3. The Labute approximate surface area is 130 Å². The third-order valence-corrected chi connectivity index (χ3v) is 6.30. The largest absolute Gasteiger partial charge is 0.383 e. The average molecular weight is 294 g/mol. The molecule has 0 aromatic heterocycles. The van der Waals surface area contributed by atoms with Crippen LogP contribution in [0, 0.1) is 11.8 Å². The predicted octanol–water partition coefficient (Wildman–Crippen LogP) is 3.04. The quantitative estimate of drug-likeness (QED) is 0.843. The van der Waals surface area contributed by atoms with Crippen LogP contribution in [0.25, 0.3) is 0 Å². The van der Waals surface area contributed by atoms with Gasteiger partial charge in [-0.3, -0.25) is 4.90 Å². The summed E-state index contributed by atoms with van der Waals surface area (Å²) in [6, 6.07) is 1.27. The summed E-state index contributed by atoms with van der Waals surface area (Å²) in [5.74, 6) is 1.80. The molecule has 3 heteroatoms. The number of ether oxygens (including phenoxy) is 1. The molecule has 1 saturated heterocycles. The first-order valence-corrected chi connectivity index (χ1v) is 9.14. The van der Waals surface area contributed by atoms with Crippen molar-refractivity contribution >= 4 is 0 Å². The molecule has 1 heterocycles. The van der Waals surface area contributed by atoms with Crippen LogP contribution in [0.5, 0.6) is 0 Å². The van der Waals surface area contributed by atoms with Crippen molar-refractivity contribution in [2.24, 2.45) is 11.8 Å². The highest BCUT2D eigenvalue weighted by atomic mass is 16.5. The Hall–Kier alpha value is -0.120. The van der Waals surface area contributed by atoms with Crippen LogP contribution < -0.4 is 5.32 Å². The summed E-state index contributed by atoms with van der Waals surface area (Å²) in [7, 11) is 1.84. The number of piperazine rings is 1. The number of nitrogens with zero attached hydrogens (tertiary/aromatic N) is 1. The van der Waals surface area contributed by atoms with E-state index >= 15 is 0 Å². The molecule has 2 aliphatic carbocycles. The van der Waals surface area contributed by atoms with Gasteiger partial charge in [-0.1, -0.05) is 19.3 Å². The van der Waals surface area contributed by atoms with Crippen molar-refractivity contribution in [3.63, 3.8) is 0 Å². The van der Waals surface area contributed by atoms with E-state index in [1.165, 1.54) is 58.0 Å². The van der Waals surface area contributed by atoms with Crippen molar-refractivity contribution in [3.8, 4) is 0 Å². The first-order valence-electron chi connectivity index (χ1n) is 9.14. The third kappa shape index (κ3) is 3.46. The molecule has 0 aromatic carbocycles. The molecule has 3 atom stereocenters. The van der Waals surface area contributed by atoms with Crippen LogP contribution in [0.4, 0.5) is 0 Å². The molecule has 0 amide bonds. The fourth-order valence-electron chi connectivity index (χ4n) is 4.78. The molecule has 3 aliphatic rings. The Balaban J connectivity index is 1.71. The minimum absolute atomic E-state index is 0.340. The third-order valence-electron chi connectivity index (χ3n) is 6.30. The summed E-state index contributed by atoms with van der Waals surface area (Å²) in [6.07, 6.45) is 10.0. The Kier molecular flexibility index (Phi) is 4.92. The van der Waals surface area contributed by atoms with E-state index in [0.717, 1.165) is 24.5 Å². The Morgan fingerprint density at radius 1 is 1.19 bits per heavy atom. The van der Waals surface area contributed by atoms with E-state index in [1.807, 2.05) is 7.11 Å². The van der Waals surface area contributed by atoms with Gasteiger partial charge in [0, 0.05) is 37.8 Å². The molecule has 1 aliphatic heterocycles. The monoisotopic (exact) mass is 294 g/mol. The molecule has 0 bridgehead atoms. The SMILES string of the molecule is COCC(C)N1CC(C)(C2CC2)NCC1C1CCCCC1. The lowest BCUT2D eigenvalue weighted by Crippen LogP contribution is -2.67. The lowest BCUT2D eigenvalue weighted by atomic mass is 9.79. The van der Waals surface area contributed by atoms with Gasteiger partial charge in [-0.25, -0.2) is 0 Å². The second-order valence-electron chi connectivity index (χ2n) is 8.01. The first kappa shape index (κ1) is 15.8. The van der Waals surface area contributed by atoms with Gasteiger partial charge >= 0.3 is 0 Å². The van der Waals surface area contributed by atoms with Crippen molar-refractivity contribution in [1.82, 2.24) is 10.2 Å². The standard InChI is InChI=1S/C18H34N2O/c1-14(12-21-3)20-13-18(2,16-9-10-16)19-11-17(20)15-7-5-4-6-8-15/h14-17,19H,4-13H2,1-3H3. The van der Waals surface area contributed by atoms with E-state index in [9.17, 15) is 0 Å². The zero-order valence-electron chi connectivity index (χ0n) is 14.2. The van der Waals surface area contributed by atoms with Gasteiger partial charge in [-0.05, 0) is 51.4 Å². The van der Waals surface area contributed by atoms with Gasteiger partial charge in [0.1, 0.15) is 0 Å². The topological polar surface area (TPSA) is 24.5 Å². The molecule has 2 saturated carbocycles. The molecular weight excluding hydrogens is 260 g/mol. The molecule has 21 heavy (non-hydrogen) atoms. The summed E-state index contributed by atoms with van der Waals surface area (Å²) in [5.41, 5.74) is 0.340. The second kappa shape index (κ2) is 6.55. The van der Waals surface area contributed by atoms with E-state index in [2.05, 4.69) is 24.1 Å². The number of hydrogen-bond donors (Lipinski definition) is 1. The fraction of sp³-hybridized carbons (Fsp3) is 1.00. The van der Waals surface area contributed by atoms with Crippen LogP contribution in [0.3, 0.4) is 0 Å². The number of methoxy groups -OCH3 is 1. The predicted molar refractivity (Wildman–Crippen MR) is 87.5 cm³/mol. The normalized spacial score (nSPS) is 37.6. The van der Waals surface area contributed by atoms with Crippen molar-refractivity contribution < 1.29 is 4.74 Å². The van der Waals surface area contributed by atoms with E-state index in [4.69, 9.17) is 4.74 Å². The Morgan fingerprint density at radius 3 is 2.52 bits per heavy atom. The van der Waals surface area contributed by atoms with Crippen LogP contribution in [0.1, 0.15) is 58.8 Å². The molecule has 3 unspecified atom stereocenters. The van der Waals surface area contributed by atoms with Crippen LogP contribution in [-0.4, -0.2) is 49.3 Å². The molecular formula is C18H34N2O. The van der Waals surface area contributed by atoms with Gasteiger partial charge in [0.25, 0.3) is 0 Å². The summed E-state index contributed by atoms with van der Waals surface area (Å²) >= 11 is 0. The molecule has 0 aromatic rings. The van der Waals surface area contributed by atoms with Crippen LogP contribution in [0.2, 0.25) is 0 Å². The molecule has 3 nitrogen and oxygen atoms in total. The van der Waals surface area contributed by atoms with Gasteiger partial charge in [-0.2, -0.15) is 0 Å². The maximum atomic E-state index is 5.47. The molecule has 1 N–H and O–H groups in total. The van der Waals surface area contributed by atoms with Crippen molar-refractivity contribution in [3.05, 3.63) is 0 Å². The highest BCUT2D eigenvalue weighted by Gasteiger charge is 2.48. The van der Waals surface area contributed by atoms with Crippen LogP contribution in [-0.2, 0) is 4.74 Å². The highest BCUT2D eigenvalue weighted by molar-refractivity contribution is 5.06. The van der Waals surface area contributed by atoms with Crippen molar-refractivity contribution in [1.29, 1.82) is 0 Å². The smallest absolute Gasteiger partial charge is 0.0615 e. The van der Waals surface area contributed by atoms with E-state index in [1.54, 1.807) is 0 Å². The van der Waals surface area contributed by atoms with Gasteiger partial charge < -0.3 is 10.1 Å². The highest BCUT2D eigenvalue weighted by Crippen LogP contribution is 2.43. The van der Waals surface area contributed by atoms with E-state index in [0.29, 0.717) is 11.6 Å². The second-order valence-corrected chi connectivity index (χ2v) is 8.01. The zero-order chi connectivity index (χ0) is 14.9. The average Bonchev–Trinajstić information content (AvgIpc) is 3.33. The molecule has 0 spiro atoms. The van der Waals surface area contributed by atoms with Crippen LogP contribution >= 0.6 is 0 Å². The zero-order valence-corrected chi connectivity index (χ0v) is 14.2. The minimum Gasteiger partial charge on any atom is -0.383 e. The van der Waals surface area contributed by atoms with Gasteiger partial charge in [0.15, 0.2) is 0 Å². The molecule has 122 valence electrons. The Bertz CT molecular complexity index is 338. The molecule has 3 fully saturated rings. The maximum Gasteiger partial charge on any atom is 0.0615 e. The summed E-state index contributed by atoms with van der Waals surface area (Å²) in [5, 5.41) is 3.95. The molecule has 3 rings (SSSR count). The lowest BCUT2D eigenvalue weighted by Gasteiger charge is -2.52. The van der Waals surface area contributed by atoms with Gasteiger partial charge in [-0.15, -0.1) is 0 Å².